The van der Waals surface area contributed by atoms with Crippen LogP contribution in [0.25, 0.3) is 50.3 Å². The quantitative estimate of drug-likeness (QED) is 0.215. The van der Waals surface area contributed by atoms with Crippen molar-refractivity contribution in [2.75, 3.05) is 0 Å². The first kappa shape index (κ1) is 24.7. The van der Waals surface area contributed by atoms with Gasteiger partial charge in [0.05, 0.1) is 22.1 Å². The second-order valence-corrected chi connectivity index (χ2v) is 11.3. The van der Waals surface area contributed by atoms with Gasteiger partial charge in [-0.1, -0.05) is 121 Å². The first-order valence-corrected chi connectivity index (χ1v) is 14.9. The molecule has 0 bridgehead atoms. The Kier molecular flexibility index (Phi) is 5.38. The number of para-hydroxylation sites is 1. The Morgan fingerprint density at radius 1 is 0.545 bits per heavy atom. The first-order chi connectivity index (χ1) is 21.8. The van der Waals surface area contributed by atoms with Crippen LogP contribution in [0.3, 0.4) is 0 Å². The van der Waals surface area contributed by atoms with E-state index in [1.165, 1.54) is 44.2 Å². The van der Waals surface area contributed by atoms with Crippen molar-refractivity contribution in [2.24, 2.45) is 0 Å². The van der Waals surface area contributed by atoms with E-state index in [-0.39, 0.29) is 0 Å². The summed E-state index contributed by atoms with van der Waals surface area (Å²) in [4.78, 5) is 14.4. The van der Waals surface area contributed by atoms with Crippen LogP contribution in [-0.2, 0) is 5.41 Å². The van der Waals surface area contributed by atoms with Crippen LogP contribution in [0.15, 0.2) is 158 Å². The maximum absolute atomic E-state index is 5.17. The normalized spacial score (nSPS) is 13.2. The van der Waals surface area contributed by atoms with E-state index in [0.717, 1.165) is 22.5 Å². The average molecular weight is 563 g/mol. The minimum atomic E-state index is -0.594. The fraction of sp³-hybridized carbons (Fsp3) is 0.0250. The minimum absolute atomic E-state index is 0.594. The van der Waals surface area contributed by atoms with Gasteiger partial charge >= 0.3 is 0 Å². The number of fused-ring (bicyclic) bond motifs is 3. The van der Waals surface area contributed by atoms with Crippen LogP contribution >= 0.6 is 0 Å². The van der Waals surface area contributed by atoms with Crippen molar-refractivity contribution in [2.45, 2.75) is 5.41 Å². The van der Waals surface area contributed by atoms with E-state index in [1.807, 2.05) is 6.07 Å². The molecular formula is C40H26N4. The van der Waals surface area contributed by atoms with Gasteiger partial charge in [-0.3, -0.25) is 4.57 Å². The molecule has 4 nitrogen and oxygen atoms in total. The largest absolute Gasteiger partial charge is 0.289 e. The fourth-order valence-electron chi connectivity index (χ4n) is 7.21. The number of aromatic nitrogens is 4. The van der Waals surface area contributed by atoms with Crippen molar-refractivity contribution >= 4 is 21.8 Å². The summed E-state index contributed by atoms with van der Waals surface area (Å²) in [6, 6.07) is 52.2. The summed E-state index contributed by atoms with van der Waals surface area (Å²) in [7, 11) is 0. The number of rotatable bonds is 4. The molecule has 206 valence electrons. The average Bonchev–Trinajstić information content (AvgIpc) is 3.50. The Balaban J connectivity index is 1.47. The van der Waals surface area contributed by atoms with Crippen LogP contribution in [0.1, 0.15) is 22.3 Å². The number of imidazole rings is 1. The van der Waals surface area contributed by atoms with Gasteiger partial charge in [0.15, 0.2) is 11.6 Å². The maximum Gasteiger partial charge on any atom is 0.196 e. The van der Waals surface area contributed by atoms with E-state index < -0.39 is 5.41 Å². The molecule has 1 aliphatic heterocycles. The molecule has 2 aromatic heterocycles. The van der Waals surface area contributed by atoms with E-state index in [0.29, 0.717) is 5.82 Å². The Morgan fingerprint density at radius 3 is 2.00 bits per heavy atom. The van der Waals surface area contributed by atoms with Gasteiger partial charge in [-0.05, 0) is 68.4 Å². The molecule has 0 fully saturated rings. The smallest absolute Gasteiger partial charge is 0.196 e. The van der Waals surface area contributed by atoms with Crippen LogP contribution in [-0.4, -0.2) is 19.5 Å². The SMILES string of the molecule is c1ccc(C2(c3ccccc3)c3cc(-c4cccc5ccccc45)ccc3-n3c(-c4ncccn4)nc4cccc2c43)cc1. The standard InChI is InChI=1S/C40H26N4/c1-3-14-29(15-4-1)40(30-16-5-2-6-17-30)33-20-10-21-35-37(33)44(39(43-35)38-41-24-11-25-42-38)36-23-22-28(26-34(36)40)32-19-9-13-27-12-7-8-18-31(27)32/h1-26H. The van der Waals surface area contributed by atoms with Gasteiger partial charge in [-0.15, -0.1) is 0 Å². The molecule has 9 rings (SSSR count). The van der Waals surface area contributed by atoms with Gasteiger partial charge < -0.3 is 0 Å². The topological polar surface area (TPSA) is 43.6 Å². The number of hydrogen-bond acceptors (Lipinski definition) is 3. The molecule has 8 aromatic rings. The maximum atomic E-state index is 5.17. The Hall–Kier alpha value is -5.87. The van der Waals surface area contributed by atoms with Crippen LogP contribution in [0.2, 0.25) is 0 Å². The van der Waals surface area contributed by atoms with Gasteiger partial charge in [0.1, 0.15) is 0 Å². The molecule has 44 heavy (non-hydrogen) atoms. The lowest BCUT2D eigenvalue weighted by molar-refractivity contribution is 0.725. The molecule has 0 unspecified atom stereocenters. The van der Waals surface area contributed by atoms with Gasteiger partial charge in [0.2, 0.25) is 0 Å². The molecule has 0 amide bonds. The Bertz CT molecular complexity index is 2280. The summed E-state index contributed by atoms with van der Waals surface area (Å²) >= 11 is 0. The molecule has 0 spiro atoms. The summed E-state index contributed by atoms with van der Waals surface area (Å²) in [6.45, 7) is 0. The molecule has 0 saturated carbocycles. The lowest BCUT2D eigenvalue weighted by atomic mass is 9.63. The lowest BCUT2D eigenvalue weighted by Crippen LogP contribution is -2.35. The zero-order valence-electron chi connectivity index (χ0n) is 23.8. The molecule has 0 radical (unpaired) electrons. The summed E-state index contributed by atoms with van der Waals surface area (Å²) in [5.74, 6) is 1.34. The molecule has 0 aliphatic carbocycles. The Labute approximate surface area is 255 Å². The van der Waals surface area contributed by atoms with E-state index in [2.05, 4.69) is 154 Å². The fourth-order valence-corrected chi connectivity index (χ4v) is 7.21. The summed E-state index contributed by atoms with van der Waals surface area (Å²) in [5.41, 5.74) is 9.65. The molecular weight excluding hydrogens is 536 g/mol. The second kappa shape index (κ2) is 9.58. The third kappa shape index (κ3) is 3.42. The molecule has 0 N–H and O–H groups in total. The van der Waals surface area contributed by atoms with Gasteiger partial charge in [0.25, 0.3) is 0 Å². The molecule has 3 heterocycles. The third-order valence-corrected chi connectivity index (χ3v) is 9.00. The van der Waals surface area contributed by atoms with Crippen molar-refractivity contribution in [3.05, 3.63) is 180 Å². The van der Waals surface area contributed by atoms with Crippen LogP contribution in [0.4, 0.5) is 0 Å². The summed E-state index contributed by atoms with van der Waals surface area (Å²) in [6.07, 6.45) is 3.56. The van der Waals surface area contributed by atoms with Crippen LogP contribution in [0.5, 0.6) is 0 Å². The third-order valence-electron chi connectivity index (χ3n) is 9.00. The number of hydrogen-bond donors (Lipinski definition) is 0. The lowest BCUT2D eigenvalue weighted by Gasteiger charge is -2.41. The predicted molar refractivity (Wildman–Crippen MR) is 177 cm³/mol. The number of benzene rings is 6. The summed E-state index contributed by atoms with van der Waals surface area (Å²) in [5, 5.41) is 2.46. The van der Waals surface area contributed by atoms with E-state index in [1.54, 1.807) is 12.4 Å². The van der Waals surface area contributed by atoms with Gasteiger partial charge in [-0.2, -0.15) is 0 Å². The van der Waals surface area contributed by atoms with E-state index in [9.17, 15) is 0 Å². The monoisotopic (exact) mass is 562 g/mol. The highest BCUT2D eigenvalue weighted by Crippen LogP contribution is 2.54. The highest BCUT2D eigenvalue weighted by atomic mass is 15.1. The minimum Gasteiger partial charge on any atom is -0.289 e. The molecule has 6 aromatic carbocycles. The second-order valence-electron chi connectivity index (χ2n) is 11.3. The summed E-state index contributed by atoms with van der Waals surface area (Å²) < 4.78 is 2.27. The Morgan fingerprint density at radius 2 is 1.23 bits per heavy atom. The first-order valence-electron chi connectivity index (χ1n) is 14.9. The zero-order valence-corrected chi connectivity index (χ0v) is 23.8. The molecule has 1 aliphatic rings. The highest BCUT2D eigenvalue weighted by molar-refractivity contribution is 5.98. The molecule has 0 atom stereocenters. The van der Waals surface area contributed by atoms with Crippen molar-refractivity contribution in [3.8, 4) is 28.5 Å². The van der Waals surface area contributed by atoms with Crippen molar-refractivity contribution in [1.29, 1.82) is 0 Å². The molecule has 4 heteroatoms. The van der Waals surface area contributed by atoms with Gasteiger partial charge in [0, 0.05) is 12.4 Å². The van der Waals surface area contributed by atoms with Crippen molar-refractivity contribution in [1.82, 2.24) is 19.5 Å². The van der Waals surface area contributed by atoms with Crippen LogP contribution < -0.4 is 0 Å². The van der Waals surface area contributed by atoms with E-state index >= 15 is 0 Å². The van der Waals surface area contributed by atoms with Crippen LogP contribution in [0, 0.1) is 0 Å². The molecule has 0 saturated heterocycles. The van der Waals surface area contributed by atoms with Crippen molar-refractivity contribution in [3.63, 3.8) is 0 Å². The zero-order chi connectivity index (χ0) is 29.1. The number of nitrogens with zero attached hydrogens (tertiary/aromatic N) is 4. The van der Waals surface area contributed by atoms with E-state index in [4.69, 9.17) is 4.98 Å². The van der Waals surface area contributed by atoms with Gasteiger partial charge in [-0.25, -0.2) is 15.0 Å². The predicted octanol–water partition coefficient (Wildman–Crippen LogP) is 9.00. The highest BCUT2D eigenvalue weighted by Gasteiger charge is 2.45. The van der Waals surface area contributed by atoms with Crippen molar-refractivity contribution < 1.29 is 0 Å².